The molecule has 0 radical (unpaired) electrons. The van der Waals surface area contributed by atoms with Crippen molar-refractivity contribution in [1.82, 2.24) is 0 Å². The summed E-state index contributed by atoms with van der Waals surface area (Å²) in [6.07, 6.45) is 16.0. The van der Waals surface area contributed by atoms with Gasteiger partial charge in [0, 0.05) is 23.7 Å². The third-order valence-corrected chi connectivity index (χ3v) is 4.69. The van der Waals surface area contributed by atoms with E-state index in [0.29, 0.717) is 13.0 Å². The number of carboxylic acid groups (broad SMARTS) is 1. The molecule has 0 aliphatic carbocycles. The number of rotatable bonds is 16. The van der Waals surface area contributed by atoms with Crippen LogP contribution in [0.15, 0.2) is 0 Å². The molecule has 0 unspecified atom stereocenters. The van der Waals surface area contributed by atoms with E-state index >= 15 is 0 Å². The molecule has 140 valence electrons. The molecule has 0 heterocycles. The molecule has 0 atom stereocenters. The van der Waals surface area contributed by atoms with Crippen LogP contribution in [-0.4, -0.2) is 33.4 Å². The van der Waals surface area contributed by atoms with Gasteiger partial charge in [-0.05, 0) is 25.7 Å². The van der Waals surface area contributed by atoms with Crippen molar-refractivity contribution in [2.45, 2.75) is 89.9 Å². The van der Waals surface area contributed by atoms with Gasteiger partial charge in [0.1, 0.15) is 0 Å². The topological polar surface area (TPSA) is 57.5 Å². The summed E-state index contributed by atoms with van der Waals surface area (Å²) in [5, 5.41) is 19.1. The summed E-state index contributed by atoms with van der Waals surface area (Å²) in [5.74, 6) is -0.671. The monoisotopic (exact) mass is 458 g/mol. The molecule has 0 aromatic heterocycles. The van der Waals surface area contributed by atoms with Crippen LogP contribution >= 0.6 is 31.9 Å². The fourth-order valence-electron chi connectivity index (χ4n) is 2.17. The fraction of sp³-hybridized carbons (Fsp3) is 0.944. The molecular weight excluding hydrogens is 424 g/mol. The molecule has 23 heavy (non-hydrogen) atoms. The molecule has 0 saturated heterocycles. The van der Waals surface area contributed by atoms with Gasteiger partial charge in [0.25, 0.3) is 0 Å². The van der Waals surface area contributed by atoms with Gasteiger partial charge in [0.2, 0.25) is 0 Å². The van der Waals surface area contributed by atoms with Crippen molar-refractivity contribution < 1.29 is 15.0 Å². The third kappa shape index (κ3) is 30.8. The molecule has 0 aromatic carbocycles. The Labute approximate surface area is 159 Å². The number of hydrogen-bond donors (Lipinski definition) is 2. The van der Waals surface area contributed by atoms with Crippen LogP contribution in [0.3, 0.4) is 0 Å². The maximum atomic E-state index is 10.1. The number of halogens is 2. The summed E-state index contributed by atoms with van der Waals surface area (Å²) in [5.41, 5.74) is 0. The van der Waals surface area contributed by atoms with E-state index in [1.54, 1.807) is 0 Å². The van der Waals surface area contributed by atoms with E-state index in [0.717, 1.165) is 29.9 Å². The van der Waals surface area contributed by atoms with E-state index in [1.807, 2.05) is 0 Å². The number of hydrogen-bond acceptors (Lipinski definition) is 2. The number of aliphatic hydroxyl groups excluding tert-OH is 1. The predicted molar refractivity (Wildman–Crippen MR) is 107 cm³/mol. The standard InChI is InChI=1S/C9H17BrO2.C9H19BrO/c10-8-6-4-2-1-3-5-7-9(11)12;10-8-6-4-2-1-3-5-7-9-11/h1-8H2,(H,11,12);11H,1-9H2. The van der Waals surface area contributed by atoms with Crippen molar-refractivity contribution >= 4 is 37.8 Å². The molecule has 0 rings (SSSR count). The second-order valence-electron chi connectivity index (χ2n) is 5.84. The minimum absolute atomic E-state index is 0.332. The Morgan fingerprint density at radius 3 is 1.30 bits per heavy atom. The van der Waals surface area contributed by atoms with Crippen LogP contribution in [0.25, 0.3) is 0 Å². The van der Waals surface area contributed by atoms with Crippen molar-refractivity contribution in [3.63, 3.8) is 0 Å². The van der Waals surface area contributed by atoms with Crippen LogP contribution in [0.1, 0.15) is 89.9 Å². The highest BCUT2D eigenvalue weighted by Crippen LogP contribution is 2.08. The summed E-state index contributed by atoms with van der Waals surface area (Å²) >= 11 is 6.78. The smallest absolute Gasteiger partial charge is 0.303 e. The van der Waals surface area contributed by atoms with Gasteiger partial charge in [-0.1, -0.05) is 89.6 Å². The first-order valence-electron chi connectivity index (χ1n) is 9.13. The summed E-state index contributed by atoms with van der Waals surface area (Å²) in [6, 6.07) is 0. The molecule has 0 aliphatic rings. The molecule has 5 heteroatoms. The molecule has 0 saturated carbocycles. The van der Waals surface area contributed by atoms with Gasteiger partial charge < -0.3 is 10.2 Å². The lowest BCUT2D eigenvalue weighted by molar-refractivity contribution is -0.137. The van der Waals surface area contributed by atoms with Gasteiger partial charge in [-0.15, -0.1) is 0 Å². The van der Waals surface area contributed by atoms with E-state index in [1.165, 1.54) is 64.2 Å². The van der Waals surface area contributed by atoms with Crippen LogP contribution < -0.4 is 0 Å². The molecule has 2 N–H and O–H groups in total. The van der Waals surface area contributed by atoms with E-state index in [9.17, 15) is 4.79 Å². The van der Waals surface area contributed by atoms with E-state index in [4.69, 9.17) is 10.2 Å². The molecule has 0 amide bonds. The fourth-order valence-corrected chi connectivity index (χ4v) is 2.96. The average molecular weight is 460 g/mol. The molecular formula is C18H36Br2O3. The number of unbranched alkanes of at least 4 members (excludes halogenated alkanes) is 11. The Hall–Kier alpha value is 0.390. The Morgan fingerprint density at radius 2 is 0.957 bits per heavy atom. The molecule has 0 bridgehead atoms. The van der Waals surface area contributed by atoms with Crippen molar-refractivity contribution in [1.29, 1.82) is 0 Å². The predicted octanol–water partition coefficient (Wildman–Crippen LogP) is 6.30. The minimum atomic E-state index is -0.671. The van der Waals surface area contributed by atoms with Crippen molar-refractivity contribution in [3.8, 4) is 0 Å². The zero-order valence-corrected chi connectivity index (χ0v) is 17.8. The number of aliphatic carboxylic acids is 1. The third-order valence-electron chi connectivity index (χ3n) is 3.57. The van der Waals surface area contributed by atoms with Crippen LogP contribution in [0.2, 0.25) is 0 Å². The SMILES string of the molecule is O=C(O)CCCCCCCCBr.OCCCCCCCCCBr. The first-order chi connectivity index (χ1) is 11.2. The largest absolute Gasteiger partial charge is 0.481 e. The lowest BCUT2D eigenvalue weighted by atomic mass is 10.1. The normalized spacial score (nSPS) is 10.2. The minimum Gasteiger partial charge on any atom is -0.481 e. The van der Waals surface area contributed by atoms with Gasteiger partial charge in [0.05, 0.1) is 0 Å². The molecule has 0 spiro atoms. The highest BCUT2D eigenvalue weighted by Gasteiger charge is 1.95. The average Bonchev–Trinajstić information content (AvgIpc) is 2.54. The highest BCUT2D eigenvalue weighted by molar-refractivity contribution is 9.09. The Balaban J connectivity index is 0. The van der Waals surface area contributed by atoms with Crippen molar-refractivity contribution in [2.24, 2.45) is 0 Å². The maximum Gasteiger partial charge on any atom is 0.303 e. The zero-order valence-electron chi connectivity index (χ0n) is 14.6. The van der Waals surface area contributed by atoms with Crippen molar-refractivity contribution in [2.75, 3.05) is 17.3 Å². The van der Waals surface area contributed by atoms with E-state index in [-0.39, 0.29) is 0 Å². The second-order valence-corrected chi connectivity index (χ2v) is 7.43. The van der Waals surface area contributed by atoms with Gasteiger partial charge in [-0.3, -0.25) is 4.79 Å². The van der Waals surface area contributed by atoms with Gasteiger partial charge in [-0.2, -0.15) is 0 Å². The lowest BCUT2D eigenvalue weighted by Crippen LogP contribution is -1.93. The van der Waals surface area contributed by atoms with Gasteiger partial charge >= 0.3 is 5.97 Å². The molecule has 0 aliphatic heterocycles. The van der Waals surface area contributed by atoms with Crippen LogP contribution in [0, 0.1) is 0 Å². The Bertz CT molecular complexity index is 218. The van der Waals surface area contributed by atoms with E-state index in [2.05, 4.69) is 31.9 Å². The highest BCUT2D eigenvalue weighted by atomic mass is 79.9. The Morgan fingerprint density at radius 1 is 0.609 bits per heavy atom. The van der Waals surface area contributed by atoms with Crippen molar-refractivity contribution in [3.05, 3.63) is 0 Å². The summed E-state index contributed by atoms with van der Waals surface area (Å²) in [7, 11) is 0. The summed E-state index contributed by atoms with van der Waals surface area (Å²) in [6.45, 7) is 0.363. The van der Waals surface area contributed by atoms with E-state index < -0.39 is 5.97 Å². The lowest BCUT2D eigenvalue weighted by Gasteiger charge is -1.98. The summed E-state index contributed by atoms with van der Waals surface area (Å²) in [4.78, 5) is 10.1. The Kier molecular flexibility index (Phi) is 27.5. The van der Waals surface area contributed by atoms with Crippen LogP contribution in [-0.2, 0) is 4.79 Å². The van der Waals surface area contributed by atoms with Crippen LogP contribution in [0.4, 0.5) is 0 Å². The number of alkyl halides is 2. The first kappa shape index (κ1) is 25.6. The van der Waals surface area contributed by atoms with Gasteiger partial charge in [-0.25, -0.2) is 0 Å². The second kappa shape index (κ2) is 24.6. The van der Waals surface area contributed by atoms with Gasteiger partial charge in [0.15, 0.2) is 0 Å². The maximum absolute atomic E-state index is 10.1. The zero-order chi connectivity index (χ0) is 17.6. The molecule has 0 aromatic rings. The number of carboxylic acids is 1. The number of carbonyl (C=O) groups is 1. The first-order valence-corrected chi connectivity index (χ1v) is 11.4. The molecule has 3 nitrogen and oxygen atoms in total. The molecule has 0 fully saturated rings. The number of aliphatic hydroxyl groups is 1. The summed E-state index contributed by atoms with van der Waals surface area (Å²) < 4.78 is 0. The van der Waals surface area contributed by atoms with Crippen LogP contribution in [0.5, 0.6) is 0 Å². The quantitative estimate of drug-likeness (QED) is 0.210.